The van der Waals surface area contributed by atoms with Gasteiger partial charge in [0.1, 0.15) is 0 Å². The van der Waals surface area contributed by atoms with E-state index in [1.165, 1.54) is 18.4 Å². The van der Waals surface area contributed by atoms with Gasteiger partial charge in [-0.3, -0.25) is 0 Å². The predicted molar refractivity (Wildman–Crippen MR) is 74.9 cm³/mol. The van der Waals surface area contributed by atoms with Crippen molar-refractivity contribution in [3.05, 3.63) is 29.8 Å². The van der Waals surface area contributed by atoms with E-state index in [9.17, 15) is 0 Å². The molecule has 0 spiro atoms. The number of nitrogens with zero attached hydrogens (tertiary/aromatic N) is 1. The maximum atomic E-state index is 5.75. The maximum absolute atomic E-state index is 5.75. The van der Waals surface area contributed by atoms with Crippen LogP contribution < -0.4 is 11.1 Å². The number of hydrogen-bond donors (Lipinski definition) is 2. The normalized spacial score (nSPS) is 15.7. The second kappa shape index (κ2) is 5.34. The van der Waals surface area contributed by atoms with Gasteiger partial charge in [0, 0.05) is 5.69 Å². The monoisotopic (exact) mass is 317 g/mol. The third-order valence-electron chi connectivity index (χ3n) is 2.28. The van der Waals surface area contributed by atoms with Gasteiger partial charge < -0.3 is 11.1 Å². The Labute approximate surface area is 107 Å². The topological polar surface area (TPSA) is 50.4 Å². The number of guanidine groups is 1. The molecule has 1 aromatic rings. The Balaban J connectivity index is 0.00000112. The molecule has 0 bridgehead atoms. The van der Waals surface area contributed by atoms with Gasteiger partial charge in [0.25, 0.3) is 0 Å². The van der Waals surface area contributed by atoms with Crippen molar-refractivity contribution in [2.24, 2.45) is 10.7 Å². The lowest BCUT2D eigenvalue weighted by molar-refractivity contribution is 1.06. The first kappa shape index (κ1) is 12.3. The first-order valence-electron chi connectivity index (χ1n) is 4.91. The van der Waals surface area contributed by atoms with Crippen LogP contribution in [0, 0.1) is 6.92 Å². The molecule has 15 heavy (non-hydrogen) atoms. The number of halogens is 1. The second-order valence-electron chi connectivity index (χ2n) is 3.69. The molecule has 0 unspecified atom stereocenters. The molecule has 0 saturated heterocycles. The summed E-state index contributed by atoms with van der Waals surface area (Å²) >= 11 is 0. The molecule has 1 aliphatic rings. The molecule has 82 valence electrons. The Morgan fingerprint density at radius 3 is 2.67 bits per heavy atom. The molecule has 0 aliphatic heterocycles. The Morgan fingerprint density at radius 2 is 2.07 bits per heavy atom. The first-order valence-corrected chi connectivity index (χ1v) is 4.91. The van der Waals surface area contributed by atoms with E-state index in [1.807, 2.05) is 31.2 Å². The number of rotatable bonds is 2. The van der Waals surface area contributed by atoms with E-state index in [4.69, 9.17) is 5.73 Å². The number of anilines is 1. The number of benzene rings is 1. The summed E-state index contributed by atoms with van der Waals surface area (Å²) in [4.78, 5) is 4.31. The highest BCUT2D eigenvalue weighted by Crippen LogP contribution is 2.23. The molecule has 0 radical (unpaired) electrons. The fourth-order valence-corrected chi connectivity index (χ4v) is 1.28. The average Bonchev–Trinajstić information content (AvgIpc) is 2.93. The zero-order chi connectivity index (χ0) is 9.97. The van der Waals surface area contributed by atoms with Crippen molar-refractivity contribution in [1.82, 2.24) is 0 Å². The minimum Gasteiger partial charge on any atom is -0.370 e. The van der Waals surface area contributed by atoms with E-state index >= 15 is 0 Å². The molecule has 3 nitrogen and oxygen atoms in total. The summed E-state index contributed by atoms with van der Waals surface area (Å²) in [7, 11) is 0. The van der Waals surface area contributed by atoms with E-state index < -0.39 is 0 Å². The molecule has 0 aromatic heterocycles. The van der Waals surface area contributed by atoms with Gasteiger partial charge in [0.05, 0.1) is 6.04 Å². The summed E-state index contributed by atoms with van der Waals surface area (Å²) in [6.07, 6.45) is 2.35. The molecule has 0 amide bonds. The lowest BCUT2D eigenvalue weighted by atomic mass is 10.2. The number of aryl methyl sites for hydroxylation is 1. The summed E-state index contributed by atoms with van der Waals surface area (Å²) in [5.41, 5.74) is 7.97. The van der Waals surface area contributed by atoms with Crippen LogP contribution in [0.15, 0.2) is 29.3 Å². The number of nitrogens with one attached hydrogen (secondary N) is 1. The molecule has 3 N–H and O–H groups in total. The largest absolute Gasteiger partial charge is 0.370 e. The van der Waals surface area contributed by atoms with E-state index in [0.717, 1.165) is 5.69 Å². The third-order valence-corrected chi connectivity index (χ3v) is 2.28. The highest BCUT2D eigenvalue weighted by Gasteiger charge is 2.20. The van der Waals surface area contributed by atoms with E-state index in [-0.39, 0.29) is 24.0 Å². The van der Waals surface area contributed by atoms with E-state index in [0.29, 0.717) is 12.0 Å². The molecule has 4 heteroatoms. The molecule has 2 rings (SSSR count). The standard InChI is InChI=1S/C11H15N3.HI/c1-8-4-2-3-5-10(8)14-11(12)13-9-6-7-9;/h2-5,9H,6-7H2,1H3,(H3,12,13,14);1H. The Hall–Kier alpha value is -0.780. The first-order chi connectivity index (χ1) is 6.75. The fraction of sp³-hybridized carbons (Fsp3) is 0.364. The minimum absolute atomic E-state index is 0. The summed E-state index contributed by atoms with van der Waals surface area (Å²) in [5, 5.41) is 3.11. The zero-order valence-electron chi connectivity index (χ0n) is 8.73. The van der Waals surface area contributed by atoms with Crippen LogP contribution in [0.3, 0.4) is 0 Å². The Kier molecular flexibility index (Phi) is 4.38. The van der Waals surface area contributed by atoms with Crippen molar-refractivity contribution in [1.29, 1.82) is 0 Å². The maximum Gasteiger partial charge on any atom is 0.193 e. The average molecular weight is 317 g/mol. The lowest BCUT2D eigenvalue weighted by Crippen LogP contribution is -2.23. The van der Waals surface area contributed by atoms with Crippen molar-refractivity contribution in [3.63, 3.8) is 0 Å². The molecule has 1 aromatic carbocycles. The molecular formula is C11H16IN3. The lowest BCUT2D eigenvalue weighted by Gasteiger charge is -2.07. The number of para-hydroxylation sites is 1. The highest BCUT2D eigenvalue weighted by atomic mass is 127. The van der Waals surface area contributed by atoms with Crippen molar-refractivity contribution in [3.8, 4) is 0 Å². The van der Waals surface area contributed by atoms with Crippen LogP contribution in [0.2, 0.25) is 0 Å². The summed E-state index contributed by atoms with van der Waals surface area (Å²) in [5.74, 6) is 0.529. The predicted octanol–water partition coefficient (Wildman–Crippen LogP) is 2.50. The van der Waals surface area contributed by atoms with Crippen LogP contribution in [0.25, 0.3) is 0 Å². The van der Waals surface area contributed by atoms with E-state index in [2.05, 4.69) is 10.3 Å². The summed E-state index contributed by atoms with van der Waals surface area (Å²) < 4.78 is 0. The quantitative estimate of drug-likeness (QED) is 0.500. The smallest absolute Gasteiger partial charge is 0.193 e. The molecule has 0 heterocycles. The SMILES string of the molecule is Cc1ccccc1NC(N)=NC1CC1.I. The van der Waals surface area contributed by atoms with Gasteiger partial charge in [-0.1, -0.05) is 18.2 Å². The van der Waals surface area contributed by atoms with Gasteiger partial charge in [-0.2, -0.15) is 0 Å². The van der Waals surface area contributed by atoms with Crippen LogP contribution >= 0.6 is 24.0 Å². The minimum atomic E-state index is 0. The van der Waals surface area contributed by atoms with Gasteiger partial charge in [-0.15, -0.1) is 24.0 Å². The third kappa shape index (κ3) is 3.70. The van der Waals surface area contributed by atoms with Gasteiger partial charge in [-0.05, 0) is 31.4 Å². The Morgan fingerprint density at radius 1 is 1.40 bits per heavy atom. The molecule has 1 fully saturated rings. The number of nitrogens with two attached hydrogens (primary N) is 1. The van der Waals surface area contributed by atoms with Crippen LogP contribution in [-0.2, 0) is 0 Å². The fourth-order valence-electron chi connectivity index (χ4n) is 1.28. The van der Waals surface area contributed by atoms with Crippen LogP contribution in [0.4, 0.5) is 5.69 Å². The van der Waals surface area contributed by atoms with Crippen LogP contribution in [-0.4, -0.2) is 12.0 Å². The molecule has 1 saturated carbocycles. The van der Waals surface area contributed by atoms with E-state index in [1.54, 1.807) is 0 Å². The van der Waals surface area contributed by atoms with Crippen LogP contribution in [0.1, 0.15) is 18.4 Å². The van der Waals surface area contributed by atoms with Gasteiger partial charge in [0.15, 0.2) is 5.96 Å². The summed E-state index contributed by atoms with van der Waals surface area (Å²) in [6, 6.07) is 8.51. The van der Waals surface area contributed by atoms with Crippen molar-refractivity contribution in [2.75, 3.05) is 5.32 Å². The molecule has 1 aliphatic carbocycles. The number of aliphatic imine (C=N–C) groups is 1. The van der Waals surface area contributed by atoms with Gasteiger partial charge in [-0.25, -0.2) is 4.99 Å². The second-order valence-corrected chi connectivity index (χ2v) is 3.69. The van der Waals surface area contributed by atoms with Gasteiger partial charge in [0.2, 0.25) is 0 Å². The zero-order valence-corrected chi connectivity index (χ0v) is 11.1. The van der Waals surface area contributed by atoms with Crippen molar-refractivity contribution in [2.45, 2.75) is 25.8 Å². The van der Waals surface area contributed by atoms with Crippen molar-refractivity contribution < 1.29 is 0 Å². The van der Waals surface area contributed by atoms with Gasteiger partial charge >= 0.3 is 0 Å². The van der Waals surface area contributed by atoms with Crippen molar-refractivity contribution >= 4 is 35.6 Å². The highest BCUT2D eigenvalue weighted by molar-refractivity contribution is 14.0. The number of hydrogen-bond acceptors (Lipinski definition) is 1. The molecular weight excluding hydrogens is 301 g/mol. The Bertz CT molecular complexity index is 359. The molecule has 0 atom stereocenters. The van der Waals surface area contributed by atoms with Crippen LogP contribution in [0.5, 0.6) is 0 Å². The summed E-state index contributed by atoms with van der Waals surface area (Å²) in [6.45, 7) is 2.05.